The van der Waals surface area contributed by atoms with Crippen molar-refractivity contribution >= 4 is 24.2 Å². The molecule has 2 aromatic carbocycles. The van der Waals surface area contributed by atoms with Crippen LogP contribution in [0.2, 0.25) is 0 Å². The Morgan fingerprint density at radius 2 is 1.69 bits per heavy atom. The van der Waals surface area contributed by atoms with Gasteiger partial charge in [-0.15, -0.1) is 12.4 Å². The number of aromatic hydroxyl groups is 1. The molecule has 0 radical (unpaired) electrons. The number of hydrogen-bond donors (Lipinski definition) is 3. The van der Waals surface area contributed by atoms with Crippen molar-refractivity contribution in [2.24, 2.45) is 0 Å². The van der Waals surface area contributed by atoms with Crippen LogP contribution in [0.15, 0.2) is 48.5 Å². The molecule has 0 spiro atoms. The third-order valence-corrected chi connectivity index (χ3v) is 3.83. The van der Waals surface area contributed by atoms with Gasteiger partial charge in [-0.3, -0.25) is 9.59 Å². The van der Waals surface area contributed by atoms with E-state index in [4.69, 9.17) is 4.74 Å². The molecule has 2 rings (SSSR count). The Hall–Kier alpha value is -2.57. The molecule has 26 heavy (non-hydrogen) atoms. The van der Waals surface area contributed by atoms with Crippen molar-refractivity contribution < 1.29 is 24.5 Å². The van der Waals surface area contributed by atoms with E-state index in [2.05, 4.69) is 5.32 Å². The molecule has 7 heteroatoms. The summed E-state index contributed by atoms with van der Waals surface area (Å²) in [6.45, 7) is 0.264. The summed E-state index contributed by atoms with van der Waals surface area (Å²) >= 11 is 0. The Labute approximate surface area is 158 Å². The van der Waals surface area contributed by atoms with Gasteiger partial charge in [-0.25, -0.2) is 0 Å². The summed E-state index contributed by atoms with van der Waals surface area (Å²) in [7, 11) is 1.56. The van der Waals surface area contributed by atoms with Gasteiger partial charge in [-0.2, -0.15) is 0 Å². The first-order valence-electron chi connectivity index (χ1n) is 7.91. The third kappa shape index (κ3) is 6.38. The highest BCUT2D eigenvalue weighted by molar-refractivity contribution is 5.96. The molecular formula is C19H22ClNO5. The molecule has 0 saturated carbocycles. The van der Waals surface area contributed by atoms with Crippen molar-refractivity contribution in [3.8, 4) is 11.5 Å². The van der Waals surface area contributed by atoms with Gasteiger partial charge in [0.15, 0.2) is 5.78 Å². The van der Waals surface area contributed by atoms with Crippen LogP contribution < -0.4 is 10.1 Å². The number of benzene rings is 2. The molecule has 0 aliphatic heterocycles. The number of Topliss-reactive ketones (excluding diaryl/α,β-unsaturated/α-hetero) is 1. The number of carboxylic acids is 1. The van der Waals surface area contributed by atoms with E-state index in [1.54, 1.807) is 43.5 Å². The van der Waals surface area contributed by atoms with E-state index in [9.17, 15) is 19.8 Å². The maximum Gasteiger partial charge on any atom is 0.321 e. The number of carboxylic acid groups (broad SMARTS) is 1. The fourth-order valence-electron chi connectivity index (χ4n) is 2.40. The molecular weight excluding hydrogens is 358 g/mol. The number of phenolic OH excluding ortho intramolecular Hbond substituents is 1. The molecule has 2 aromatic rings. The van der Waals surface area contributed by atoms with Crippen LogP contribution >= 0.6 is 12.4 Å². The fraction of sp³-hybridized carbons (Fsp3) is 0.263. The number of ketones is 1. The predicted octanol–water partition coefficient (Wildman–Crippen LogP) is 2.68. The highest BCUT2D eigenvalue weighted by Gasteiger charge is 2.18. The molecule has 0 unspecified atom stereocenters. The molecule has 0 fully saturated rings. The summed E-state index contributed by atoms with van der Waals surface area (Å²) in [5.74, 6) is -0.239. The number of rotatable bonds is 9. The van der Waals surface area contributed by atoms with Gasteiger partial charge in [0.2, 0.25) is 0 Å². The first-order chi connectivity index (χ1) is 12.0. The minimum Gasteiger partial charge on any atom is -0.508 e. The molecule has 0 aliphatic carbocycles. The van der Waals surface area contributed by atoms with E-state index >= 15 is 0 Å². The van der Waals surface area contributed by atoms with E-state index < -0.39 is 12.0 Å². The number of nitrogens with one attached hydrogen (secondary N) is 1. The lowest BCUT2D eigenvalue weighted by Gasteiger charge is -2.14. The summed E-state index contributed by atoms with van der Waals surface area (Å²) in [5, 5.41) is 21.5. The van der Waals surface area contributed by atoms with E-state index in [1.165, 1.54) is 12.1 Å². The quantitative estimate of drug-likeness (QED) is 0.580. The fourth-order valence-corrected chi connectivity index (χ4v) is 2.40. The summed E-state index contributed by atoms with van der Waals surface area (Å²) in [4.78, 5) is 23.5. The molecule has 0 saturated heterocycles. The summed E-state index contributed by atoms with van der Waals surface area (Å²) in [6, 6.07) is 12.4. The van der Waals surface area contributed by atoms with Crippen molar-refractivity contribution in [3.05, 3.63) is 59.7 Å². The molecule has 3 N–H and O–H groups in total. The highest BCUT2D eigenvalue weighted by atomic mass is 35.5. The number of carbonyl (C=O) groups is 2. The van der Waals surface area contributed by atoms with Crippen molar-refractivity contribution in [2.75, 3.05) is 13.7 Å². The zero-order valence-corrected chi connectivity index (χ0v) is 15.2. The lowest BCUT2D eigenvalue weighted by atomic mass is 10.0. The maximum atomic E-state index is 12.1. The summed E-state index contributed by atoms with van der Waals surface area (Å²) in [5.41, 5.74) is 1.35. The second-order valence-electron chi connectivity index (χ2n) is 5.62. The van der Waals surface area contributed by atoms with Crippen molar-refractivity contribution in [3.63, 3.8) is 0 Å². The predicted molar refractivity (Wildman–Crippen MR) is 100 cm³/mol. The van der Waals surface area contributed by atoms with Gasteiger partial charge in [0.25, 0.3) is 0 Å². The maximum absolute atomic E-state index is 12.1. The molecule has 6 nitrogen and oxygen atoms in total. The monoisotopic (exact) mass is 379 g/mol. The minimum absolute atomic E-state index is 0. The number of carbonyl (C=O) groups excluding carboxylic acids is 1. The Morgan fingerprint density at radius 3 is 2.23 bits per heavy atom. The molecule has 0 heterocycles. The van der Waals surface area contributed by atoms with Crippen LogP contribution in [0.25, 0.3) is 0 Å². The van der Waals surface area contributed by atoms with Gasteiger partial charge in [0.05, 0.1) is 7.11 Å². The zero-order chi connectivity index (χ0) is 18.2. The topological polar surface area (TPSA) is 95.9 Å². The Morgan fingerprint density at radius 1 is 1.08 bits per heavy atom. The Bertz CT molecular complexity index is 716. The molecule has 0 aliphatic rings. The molecule has 0 amide bonds. The Balaban J connectivity index is 0.00000338. The van der Waals surface area contributed by atoms with Crippen LogP contribution in [0.4, 0.5) is 0 Å². The van der Waals surface area contributed by atoms with Crippen LogP contribution in [0.3, 0.4) is 0 Å². The van der Waals surface area contributed by atoms with Crippen LogP contribution in [0.5, 0.6) is 11.5 Å². The molecule has 140 valence electrons. The highest BCUT2D eigenvalue weighted by Crippen LogP contribution is 2.13. The average molecular weight is 380 g/mol. The number of halogens is 1. The zero-order valence-electron chi connectivity index (χ0n) is 14.3. The normalized spacial score (nSPS) is 11.3. The van der Waals surface area contributed by atoms with Crippen LogP contribution in [0.1, 0.15) is 22.3 Å². The standard InChI is InChI=1S/C19H21NO5.ClH/c1-25-16-8-4-14(5-9-16)18(22)10-11-20-17(19(23)24)12-13-2-6-15(21)7-3-13;/h2-9,17,20-21H,10-12H2,1H3,(H,23,24);1H/t17-;/m0./s1. The van der Waals surface area contributed by atoms with E-state index in [1.807, 2.05) is 0 Å². The second kappa shape index (κ2) is 10.4. The van der Waals surface area contributed by atoms with Crippen LogP contribution in [-0.4, -0.2) is 41.7 Å². The third-order valence-electron chi connectivity index (χ3n) is 3.83. The van der Waals surface area contributed by atoms with Crippen LogP contribution in [0, 0.1) is 0 Å². The second-order valence-corrected chi connectivity index (χ2v) is 5.62. The van der Waals surface area contributed by atoms with Gasteiger partial charge in [0.1, 0.15) is 17.5 Å². The number of hydrogen-bond acceptors (Lipinski definition) is 5. The van der Waals surface area contributed by atoms with Crippen molar-refractivity contribution in [1.82, 2.24) is 5.32 Å². The molecule has 1 atom stereocenters. The Kier molecular flexibility index (Phi) is 8.61. The van der Waals surface area contributed by atoms with Gasteiger partial charge in [0, 0.05) is 18.5 Å². The lowest BCUT2D eigenvalue weighted by molar-refractivity contribution is -0.139. The van der Waals surface area contributed by atoms with Gasteiger partial charge >= 0.3 is 5.97 Å². The van der Waals surface area contributed by atoms with Crippen molar-refractivity contribution in [1.29, 1.82) is 0 Å². The summed E-state index contributed by atoms with van der Waals surface area (Å²) in [6.07, 6.45) is 0.470. The average Bonchev–Trinajstić information content (AvgIpc) is 2.62. The van der Waals surface area contributed by atoms with E-state index in [-0.39, 0.29) is 43.3 Å². The first kappa shape index (κ1) is 21.5. The largest absolute Gasteiger partial charge is 0.508 e. The number of ether oxygens (including phenoxy) is 1. The van der Waals surface area contributed by atoms with Gasteiger partial charge in [-0.05, 0) is 48.4 Å². The first-order valence-corrected chi connectivity index (χ1v) is 7.91. The minimum atomic E-state index is -0.982. The van der Waals surface area contributed by atoms with E-state index in [0.29, 0.717) is 11.3 Å². The van der Waals surface area contributed by atoms with Gasteiger partial charge in [-0.1, -0.05) is 12.1 Å². The number of aliphatic carboxylic acids is 1. The SMILES string of the molecule is COc1ccc(C(=O)CCN[C@@H](Cc2ccc(O)cc2)C(=O)O)cc1.Cl. The number of phenols is 1. The van der Waals surface area contributed by atoms with Gasteiger partial charge < -0.3 is 20.3 Å². The summed E-state index contributed by atoms with van der Waals surface area (Å²) < 4.78 is 5.05. The molecule has 0 bridgehead atoms. The lowest BCUT2D eigenvalue weighted by Crippen LogP contribution is -2.39. The van der Waals surface area contributed by atoms with Crippen molar-refractivity contribution in [2.45, 2.75) is 18.9 Å². The van der Waals surface area contributed by atoms with E-state index in [0.717, 1.165) is 5.56 Å². The smallest absolute Gasteiger partial charge is 0.321 e. The van der Waals surface area contributed by atoms with Crippen LogP contribution in [-0.2, 0) is 11.2 Å². The number of methoxy groups -OCH3 is 1. The molecule has 0 aromatic heterocycles.